The highest BCUT2D eigenvalue weighted by atomic mass is 32.1. The Morgan fingerprint density at radius 1 is 1.36 bits per heavy atom. The molecule has 0 saturated heterocycles. The molecule has 1 saturated carbocycles. The second-order valence-electron chi connectivity index (χ2n) is 7.08. The van der Waals surface area contributed by atoms with Crippen LogP contribution in [0.15, 0.2) is 0 Å². The molecule has 1 heterocycles. The lowest BCUT2D eigenvalue weighted by atomic mass is 9.86. The monoisotopic (exact) mass is 326 g/mol. The molecule has 0 bridgehead atoms. The second kappa shape index (κ2) is 6.91. The number of aliphatic hydroxyl groups is 1. The molecule has 1 fully saturated rings. The Kier molecular flexibility index (Phi) is 5.39. The first-order valence-corrected chi connectivity index (χ1v) is 8.63. The number of nitrogens with zero attached hydrogens (tertiary/aromatic N) is 3. The van der Waals surface area contributed by atoms with Gasteiger partial charge in [-0.2, -0.15) is 0 Å². The molecule has 2 N–H and O–H groups in total. The van der Waals surface area contributed by atoms with Crippen LogP contribution in [0.5, 0.6) is 0 Å². The van der Waals surface area contributed by atoms with Crippen LogP contribution < -0.4 is 5.32 Å². The van der Waals surface area contributed by atoms with E-state index in [1.54, 1.807) is 11.9 Å². The molecule has 1 aliphatic rings. The Morgan fingerprint density at radius 3 is 2.64 bits per heavy atom. The summed E-state index contributed by atoms with van der Waals surface area (Å²) in [5, 5.41) is 22.4. The highest BCUT2D eigenvalue weighted by molar-refractivity contribution is 7.15. The van der Waals surface area contributed by atoms with Crippen molar-refractivity contribution in [2.45, 2.75) is 58.0 Å². The summed E-state index contributed by atoms with van der Waals surface area (Å²) in [4.78, 5) is 13.8. The predicted octanol–water partition coefficient (Wildman–Crippen LogP) is 2.85. The largest absolute Gasteiger partial charge is 0.393 e. The maximum absolute atomic E-state index is 12.2. The van der Waals surface area contributed by atoms with Gasteiger partial charge in [0, 0.05) is 24.9 Å². The molecular weight excluding hydrogens is 300 g/mol. The third-order valence-corrected chi connectivity index (χ3v) is 5.27. The van der Waals surface area contributed by atoms with Gasteiger partial charge in [0.2, 0.25) is 5.13 Å². The van der Waals surface area contributed by atoms with Crippen molar-refractivity contribution in [1.29, 1.82) is 0 Å². The zero-order valence-corrected chi connectivity index (χ0v) is 14.6. The van der Waals surface area contributed by atoms with Gasteiger partial charge in [-0.15, -0.1) is 10.2 Å². The topological polar surface area (TPSA) is 78.4 Å². The number of aromatic nitrogens is 2. The molecule has 2 atom stereocenters. The minimum Gasteiger partial charge on any atom is -0.393 e. The van der Waals surface area contributed by atoms with E-state index >= 15 is 0 Å². The normalized spacial score (nSPS) is 22.4. The number of rotatable bonds is 3. The van der Waals surface area contributed by atoms with E-state index in [1.165, 1.54) is 11.3 Å². The van der Waals surface area contributed by atoms with Gasteiger partial charge in [-0.3, -0.25) is 5.32 Å². The zero-order valence-electron chi connectivity index (χ0n) is 13.8. The summed E-state index contributed by atoms with van der Waals surface area (Å²) >= 11 is 1.40. The summed E-state index contributed by atoms with van der Waals surface area (Å²) in [7, 11) is 1.75. The van der Waals surface area contributed by atoms with Gasteiger partial charge < -0.3 is 10.0 Å². The highest BCUT2D eigenvalue weighted by Gasteiger charge is 2.26. The molecule has 0 radical (unpaired) electrons. The summed E-state index contributed by atoms with van der Waals surface area (Å²) < 4.78 is 0. The molecule has 2 unspecified atom stereocenters. The number of hydrogen-bond acceptors (Lipinski definition) is 5. The first kappa shape index (κ1) is 17.1. The quantitative estimate of drug-likeness (QED) is 0.895. The van der Waals surface area contributed by atoms with Crippen LogP contribution in [0.3, 0.4) is 0 Å². The standard InChI is InChI=1S/C15H26N4O2S/c1-15(2,3)12-17-18-13(22-12)16-14(21)19(4)9-10-7-5-6-8-11(10)20/h10-11,20H,5-9H2,1-4H3,(H,16,18,21). The van der Waals surface area contributed by atoms with Crippen molar-refractivity contribution in [3.05, 3.63) is 5.01 Å². The minimum absolute atomic E-state index is 0.0707. The molecule has 0 aromatic carbocycles. The van der Waals surface area contributed by atoms with E-state index < -0.39 is 0 Å². The van der Waals surface area contributed by atoms with Gasteiger partial charge in [-0.05, 0) is 12.8 Å². The van der Waals surface area contributed by atoms with Gasteiger partial charge in [0.25, 0.3) is 0 Å². The number of anilines is 1. The van der Waals surface area contributed by atoms with Crippen LogP contribution in [-0.2, 0) is 5.41 Å². The van der Waals surface area contributed by atoms with Crippen LogP contribution in [0.2, 0.25) is 0 Å². The number of nitrogens with one attached hydrogen (secondary N) is 1. The number of amides is 2. The van der Waals surface area contributed by atoms with Crippen molar-refractivity contribution in [3.8, 4) is 0 Å². The first-order chi connectivity index (χ1) is 10.3. The van der Waals surface area contributed by atoms with E-state index in [0.717, 1.165) is 30.7 Å². The second-order valence-corrected chi connectivity index (χ2v) is 8.06. The average molecular weight is 326 g/mol. The van der Waals surface area contributed by atoms with Gasteiger partial charge in [0.05, 0.1) is 6.10 Å². The average Bonchev–Trinajstić information content (AvgIpc) is 2.89. The van der Waals surface area contributed by atoms with E-state index in [4.69, 9.17) is 0 Å². The maximum atomic E-state index is 12.2. The molecule has 2 rings (SSSR count). The van der Waals surface area contributed by atoms with Crippen LogP contribution in [0.25, 0.3) is 0 Å². The molecule has 1 aromatic rings. The molecule has 22 heavy (non-hydrogen) atoms. The van der Waals surface area contributed by atoms with E-state index in [0.29, 0.717) is 11.7 Å². The number of carbonyl (C=O) groups is 1. The zero-order chi connectivity index (χ0) is 16.3. The fourth-order valence-electron chi connectivity index (χ4n) is 2.60. The van der Waals surface area contributed by atoms with Crippen molar-refractivity contribution in [3.63, 3.8) is 0 Å². The van der Waals surface area contributed by atoms with Crippen LogP contribution >= 0.6 is 11.3 Å². The smallest absolute Gasteiger partial charge is 0.323 e. The lowest BCUT2D eigenvalue weighted by Gasteiger charge is -2.31. The molecule has 0 aliphatic heterocycles. The molecule has 2 amide bonds. The van der Waals surface area contributed by atoms with Gasteiger partial charge in [-0.1, -0.05) is 44.9 Å². The summed E-state index contributed by atoms with van der Waals surface area (Å²) in [5.74, 6) is 0.170. The Labute approximate surface area is 135 Å². The van der Waals surface area contributed by atoms with E-state index in [9.17, 15) is 9.90 Å². The van der Waals surface area contributed by atoms with Crippen molar-refractivity contribution in [1.82, 2.24) is 15.1 Å². The van der Waals surface area contributed by atoms with E-state index in [2.05, 4.69) is 36.3 Å². The van der Waals surface area contributed by atoms with Crippen LogP contribution in [0.1, 0.15) is 51.5 Å². The third-order valence-electron chi connectivity index (χ3n) is 4.00. The third kappa shape index (κ3) is 4.39. The Bertz CT molecular complexity index is 512. The lowest BCUT2D eigenvalue weighted by Crippen LogP contribution is -2.40. The van der Waals surface area contributed by atoms with E-state index in [1.807, 2.05) is 0 Å². The molecular formula is C15H26N4O2S. The Hall–Kier alpha value is -1.21. The van der Waals surface area contributed by atoms with Crippen molar-refractivity contribution < 1.29 is 9.90 Å². The number of aliphatic hydroxyl groups excluding tert-OH is 1. The molecule has 1 aromatic heterocycles. The molecule has 1 aliphatic carbocycles. The van der Waals surface area contributed by atoms with Crippen molar-refractivity contribution >= 4 is 22.5 Å². The fraction of sp³-hybridized carbons (Fsp3) is 0.800. The number of hydrogen-bond donors (Lipinski definition) is 2. The van der Waals surface area contributed by atoms with Gasteiger partial charge in [-0.25, -0.2) is 4.79 Å². The van der Waals surface area contributed by atoms with Crippen molar-refractivity contribution in [2.75, 3.05) is 18.9 Å². The summed E-state index contributed by atoms with van der Waals surface area (Å²) in [6.07, 6.45) is 3.73. The van der Waals surface area contributed by atoms with Crippen molar-refractivity contribution in [2.24, 2.45) is 5.92 Å². The van der Waals surface area contributed by atoms with Crippen LogP contribution in [-0.4, -0.2) is 45.9 Å². The predicted molar refractivity (Wildman–Crippen MR) is 88.2 cm³/mol. The number of urea groups is 1. The molecule has 124 valence electrons. The SMILES string of the molecule is CN(CC1CCCCC1O)C(=O)Nc1nnc(C(C)(C)C)s1. The summed E-state index contributed by atoms with van der Waals surface area (Å²) in [6, 6.07) is -0.200. The molecule has 6 nitrogen and oxygen atoms in total. The van der Waals surface area contributed by atoms with Crippen LogP contribution in [0, 0.1) is 5.92 Å². The fourth-order valence-corrected chi connectivity index (χ4v) is 3.39. The minimum atomic E-state index is -0.293. The van der Waals surface area contributed by atoms with Gasteiger partial charge >= 0.3 is 6.03 Å². The Balaban J connectivity index is 1.89. The van der Waals surface area contributed by atoms with Gasteiger partial charge in [0.15, 0.2) is 0 Å². The summed E-state index contributed by atoms with van der Waals surface area (Å²) in [5.41, 5.74) is -0.0707. The molecule has 7 heteroatoms. The van der Waals surface area contributed by atoms with Gasteiger partial charge in [0.1, 0.15) is 5.01 Å². The maximum Gasteiger partial charge on any atom is 0.323 e. The highest BCUT2D eigenvalue weighted by Crippen LogP contribution is 2.28. The summed E-state index contributed by atoms with van der Waals surface area (Å²) in [6.45, 7) is 6.76. The first-order valence-electron chi connectivity index (χ1n) is 7.81. The van der Waals surface area contributed by atoms with E-state index in [-0.39, 0.29) is 23.5 Å². The molecule has 0 spiro atoms. The Morgan fingerprint density at radius 2 is 2.05 bits per heavy atom. The van der Waals surface area contributed by atoms with Crippen LogP contribution in [0.4, 0.5) is 9.93 Å². The number of carbonyl (C=O) groups excluding carboxylic acids is 1. The lowest BCUT2D eigenvalue weighted by molar-refractivity contribution is 0.0575.